The van der Waals surface area contributed by atoms with Crippen molar-refractivity contribution in [3.8, 4) is 0 Å². The summed E-state index contributed by atoms with van der Waals surface area (Å²) in [5, 5.41) is 0.369. The average molecular weight is 625 g/mol. The van der Waals surface area contributed by atoms with Gasteiger partial charge in [-0.15, -0.1) is 0 Å². The number of halogens is 1. The molecule has 1 unspecified atom stereocenters. The topological polar surface area (TPSA) is 93.2 Å². The van der Waals surface area contributed by atoms with Crippen LogP contribution in [0.25, 0.3) is 6.08 Å². The third-order valence-electron chi connectivity index (χ3n) is 9.08. The molecule has 0 bridgehead atoms. The zero-order valence-electron chi connectivity index (χ0n) is 25.5. The number of aryl methyl sites for hydroxylation is 1. The molecule has 0 aliphatic carbocycles. The number of hydrogen-bond donors (Lipinski definition) is 0. The van der Waals surface area contributed by atoms with Crippen LogP contribution in [0.4, 0.5) is 5.69 Å². The highest BCUT2D eigenvalue weighted by molar-refractivity contribution is 6.31. The van der Waals surface area contributed by atoms with Crippen molar-refractivity contribution in [3.63, 3.8) is 0 Å². The lowest BCUT2D eigenvalue weighted by atomic mass is 9.56. The number of unbranched alkanes of at least 4 members (excludes halogenated alkanes) is 1. The van der Waals surface area contributed by atoms with Crippen LogP contribution in [-0.2, 0) is 29.3 Å². The van der Waals surface area contributed by atoms with E-state index in [-0.39, 0.29) is 22.7 Å². The van der Waals surface area contributed by atoms with Crippen LogP contribution in [0.15, 0.2) is 84.2 Å². The van der Waals surface area contributed by atoms with Gasteiger partial charge in [-0.05, 0) is 54.3 Å². The lowest BCUT2D eigenvalue weighted by Gasteiger charge is -2.52. The molecule has 0 fully saturated rings. The minimum atomic E-state index is -1.72. The van der Waals surface area contributed by atoms with Gasteiger partial charge in [-0.2, -0.15) is 0 Å². The predicted molar refractivity (Wildman–Crippen MR) is 171 cm³/mol. The van der Waals surface area contributed by atoms with E-state index in [1.54, 1.807) is 58.5 Å². The molecule has 0 saturated carbocycles. The van der Waals surface area contributed by atoms with Gasteiger partial charge >= 0.3 is 11.9 Å². The highest BCUT2D eigenvalue weighted by atomic mass is 35.5. The Morgan fingerprint density at radius 1 is 0.956 bits per heavy atom. The molecule has 3 aromatic rings. The van der Waals surface area contributed by atoms with Gasteiger partial charge in [0.2, 0.25) is 5.91 Å². The minimum absolute atomic E-state index is 0.153. The summed E-state index contributed by atoms with van der Waals surface area (Å²) in [4.78, 5) is 61.5. The van der Waals surface area contributed by atoms with Crippen molar-refractivity contribution < 1.29 is 28.7 Å². The number of Topliss-reactive ketones (excluding diaryl/α,β-unsaturated/α-hetero) is 1. The number of ketones is 1. The van der Waals surface area contributed by atoms with Crippen LogP contribution < -0.4 is 4.90 Å². The number of anilines is 1. The maximum atomic E-state index is 15.4. The van der Waals surface area contributed by atoms with E-state index in [1.165, 1.54) is 14.2 Å². The van der Waals surface area contributed by atoms with E-state index in [9.17, 15) is 9.59 Å². The zero-order valence-corrected chi connectivity index (χ0v) is 26.3. The minimum Gasteiger partial charge on any atom is -0.466 e. The Morgan fingerprint density at radius 2 is 1.67 bits per heavy atom. The van der Waals surface area contributed by atoms with Crippen LogP contribution in [0.5, 0.6) is 0 Å². The summed E-state index contributed by atoms with van der Waals surface area (Å²) in [7, 11) is 2.40. The number of ether oxygens (including phenoxy) is 2. The van der Waals surface area contributed by atoms with E-state index < -0.39 is 35.1 Å². The summed E-state index contributed by atoms with van der Waals surface area (Å²) in [5.41, 5.74) is 1.74. The Balaban J connectivity index is 1.80. The fraction of sp³-hybridized carbons (Fsp3) is 0.278. The molecule has 0 radical (unpaired) electrons. The molecule has 3 aliphatic rings. The van der Waals surface area contributed by atoms with E-state index in [0.29, 0.717) is 34.8 Å². The first-order valence-corrected chi connectivity index (χ1v) is 15.3. The van der Waals surface area contributed by atoms with E-state index in [4.69, 9.17) is 21.1 Å². The third-order valence-corrected chi connectivity index (χ3v) is 9.32. The summed E-state index contributed by atoms with van der Waals surface area (Å²) in [6.45, 7) is 4.33. The standard InChI is InChI=1S/C36H33ClN2O6/c1-5-6-18-38-27-16-15-24(37)20-26(27)36(35(38)43)29(31(40)23-13-11-21(2)12-14-23)28(33(41)44-3)30(34(42)45-4)39-19-17-22-9-7-8-10-25(22)32(36)39/h7-17,19-20,29,32H,5-6,18H2,1-4H3/t29?,32-,36+/m0/s1. The van der Waals surface area contributed by atoms with Gasteiger partial charge in [0.05, 0.1) is 31.8 Å². The van der Waals surface area contributed by atoms with Crippen molar-refractivity contribution in [3.05, 3.63) is 117 Å². The highest BCUT2D eigenvalue weighted by Gasteiger charge is 2.69. The van der Waals surface area contributed by atoms with E-state index in [0.717, 1.165) is 17.5 Å². The Kier molecular flexibility index (Phi) is 7.87. The fourth-order valence-corrected chi connectivity index (χ4v) is 7.27. The number of amides is 1. The monoisotopic (exact) mass is 624 g/mol. The molecule has 3 atom stereocenters. The first-order valence-electron chi connectivity index (χ1n) is 14.9. The van der Waals surface area contributed by atoms with Crippen molar-refractivity contribution >= 4 is 47.0 Å². The molecule has 230 valence electrons. The molecule has 9 heteroatoms. The van der Waals surface area contributed by atoms with Gasteiger partial charge in [-0.25, -0.2) is 9.59 Å². The number of methoxy groups -OCH3 is 2. The number of rotatable bonds is 7. The molecule has 8 nitrogen and oxygen atoms in total. The number of fused-ring (bicyclic) bond motifs is 6. The Bertz CT molecular complexity index is 1800. The summed E-state index contributed by atoms with van der Waals surface area (Å²) in [5.74, 6) is -4.07. The number of nitrogens with zero attached hydrogens (tertiary/aromatic N) is 2. The number of benzene rings is 3. The molecule has 3 aromatic carbocycles. The summed E-state index contributed by atoms with van der Waals surface area (Å²) in [6, 6.07) is 18.8. The molecule has 1 spiro atoms. The zero-order chi connectivity index (χ0) is 32.0. The molecule has 6 rings (SSSR count). The van der Waals surface area contributed by atoms with E-state index in [2.05, 4.69) is 0 Å². The lowest BCUT2D eigenvalue weighted by Crippen LogP contribution is -2.61. The second-order valence-electron chi connectivity index (χ2n) is 11.5. The summed E-state index contributed by atoms with van der Waals surface area (Å²) >= 11 is 6.67. The molecule has 0 aromatic heterocycles. The van der Waals surface area contributed by atoms with Gasteiger partial charge in [-0.3, -0.25) is 9.59 Å². The SMILES string of the molecule is CCCCN1C(=O)[C@]2(c3cc(Cl)ccc31)C(C(=O)c1ccc(C)cc1)C(C(=O)OC)=C(C(=O)OC)N1C=Cc3ccccc3[C@H]12. The van der Waals surface area contributed by atoms with Gasteiger partial charge in [0.15, 0.2) is 5.78 Å². The van der Waals surface area contributed by atoms with Gasteiger partial charge in [0, 0.05) is 29.0 Å². The maximum absolute atomic E-state index is 15.4. The second-order valence-corrected chi connectivity index (χ2v) is 11.9. The fourth-order valence-electron chi connectivity index (χ4n) is 7.10. The smallest absolute Gasteiger partial charge is 0.355 e. The van der Waals surface area contributed by atoms with Gasteiger partial charge in [0.1, 0.15) is 11.1 Å². The second kappa shape index (κ2) is 11.7. The van der Waals surface area contributed by atoms with Crippen LogP contribution in [0, 0.1) is 12.8 Å². The molecule has 1 amide bonds. The van der Waals surface area contributed by atoms with Gasteiger partial charge in [0.25, 0.3) is 0 Å². The molecule has 45 heavy (non-hydrogen) atoms. The van der Waals surface area contributed by atoms with Gasteiger partial charge in [-0.1, -0.05) is 79.0 Å². The van der Waals surface area contributed by atoms with Crippen LogP contribution in [0.2, 0.25) is 5.02 Å². The van der Waals surface area contributed by atoms with Crippen LogP contribution in [0.1, 0.15) is 58.4 Å². The quantitative estimate of drug-likeness (QED) is 0.229. The number of hydrogen-bond acceptors (Lipinski definition) is 7. The first-order chi connectivity index (χ1) is 21.7. The maximum Gasteiger partial charge on any atom is 0.355 e. The predicted octanol–water partition coefficient (Wildman–Crippen LogP) is 6.17. The van der Waals surface area contributed by atoms with Crippen LogP contribution in [-0.4, -0.2) is 49.3 Å². The van der Waals surface area contributed by atoms with Crippen LogP contribution in [0.3, 0.4) is 0 Å². The van der Waals surface area contributed by atoms with E-state index >= 15 is 9.59 Å². The molecule has 0 N–H and O–H groups in total. The normalized spacial score (nSPS) is 21.4. The Morgan fingerprint density at radius 3 is 2.36 bits per heavy atom. The van der Waals surface area contributed by atoms with Crippen molar-refractivity contribution in [2.45, 2.75) is 38.1 Å². The van der Waals surface area contributed by atoms with Crippen molar-refractivity contribution in [1.82, 2.24) is 4.90 Å². The van der Waals surface area contributed by atoms with Crippen LogP contribution >= 0.6 is 11.6 Å². The Labute approximate surface area is 266 Å². The Hall–Kier alpha value is -4.69. The molecule has 3 heterocycles. The number of carbonyl (C=O) groups is 4. The third kappa shape index (κ3) is 4.50. The molecular formula is C36H33ClN2O6. The van der Waals surface area contributed by atoms with Crippen molar-refractivity contribution in [2.75, 3.05) is 25.7 Å². The number of esters is 2. The summed E-state index contributed by atoms with van der Waals surface area (Å²) < 4.78 is 10.5. The van der Waals surface area contributed by atoms with E-state index in [1.807, 2.05) is 44.2 Å². The largest absolute Gasteiger partial charge is 0.466 e. The van der Waals surface area contributed by atoms with Gasteiger partial charge < -0.3 is 19.3 Å². The molecular weight excluding hydrogens is 592 g/mol. The summed E-state index contributed by atoms with van der Waals surface area (Å²) in [6.07, 6.45) is 5.01. The average Bonchev–Trinajstić information content (AvgIpc) is 3.28. The highest BCUT2D eigenvalue weighted by Crippen LogP contribution is 2.62. The van der Waals surface area contributed by atoms with Crippen molar-refractivity contribution in [1.29, 1.82) is 0 Å². The van der Waals surface area contributed by atoms with Crippen molar-refractivity contribution in [2.24, 2.45) is 5.92 Å². The number of carbonyl (C=O) groups excluding carboxylic acids is 4. The molecule has 0 saturated heterocycles. The molecule has 3 aliphatic heterocycles. The lowest BCUT2D eigenvalue weighted by molar-refractivity contribution is -0.144. The first kappa shape index (κ1) is 30.3.